The van der Waals surface area contributed by atoms with Gasteiger partial charge in [-0.05, 0) is 47.9 Å². The van der Waals surface area contributed by atoms with Gasteiger partial charge in [-0.25, -0.2) is 0 Å². The van der Waals surface area contributed by atoms with Crippen molar-refractivity contribution >= 4 is 15.9 Å². The van der Waals surface area contributed by atoms with Crippen LogP contribution in [0.4, 0.5) is 0 Å². The molecule has 92 valence electrons. The third-order valence-corrected chi connectivity index (χ3v) is 4.09. The first-order valence-electron chi connectivity index (χ1n) is 6.29. The maximum absolute atomic E-state index is 3.56. The van der Waals surface area contributed by atoms with Crippen molar-refractivity contribution in [2.45, 2.75) is 13.0 Å². The van der Waals surface area contributed by atoms with Crippen LogP contribution in [0.1, 0.15) is 11.1 Å². The van der Waals surface area contributed by atoms with Gasteiger partial charge in [-0.1, -0.05) is 46.3 Å². The quantitative estimate of drug-likeness (QED) is 0.766. The fourth-order valence-electron chi connectivity index (χ4n) is 2.64. The van der Waals surface area contributed by atoms with E-state index in [9.17, 15) is 0 Å². The molecule has 18 heavy (non-hydrogen) atoms. The maximum Gasteiger partial charge on any atom is 0.0239 e. The molecule has 0 atom stereocenters. The van der Waals surface area contributed by atoms with Crippen LogP contribution in [-0.4, -0.2) is 18.5 Å². The molecule has 0 amide bonds. The number of nitrogens with zero attached hydrogens (tertiary/aromatic N) is 1. The number of fused-ring (bicyclic) bond motifs is 1. The molecule has 3 rings (SSSR count). The van der Waals surface area contributed by atoms with Gasteiger partial charge >= 0.3 is 0 Å². The van der Waals surface area contributed by atoms with Crippen molar-refractivity contribution in [3.05, 3.63) is 58.1 Å². The molecule has 0 aromatic heterocycles. The van der Waals surface area contributed by atoms with Crippen LogP contribution in [0.5, 0.6) is 0 Å². The molecule has 0 spiro atoms. The highest BCUT2D eigenvalue weighted by Crippen LogP contribution is 2.31. The van der Waals surface area contributed by atoms with Crippen LogP contribution in [-0.2, 0) is 13.0 Å². The minimum Gasteiger partial charge on any atom is -0.302 e. The molecule has 0 bridgehead atoms. The van der Waals surface area contributed by atoms with Crippen LogP contribution in [0.25, 0.3) is 11.1 Å². The summed E-state index contributed by atoms with van der Waals surface area (Å²) in [7, 11) is 2.20. The molecule has 0 saturated carbocycles. The average molecular weight is 302 g/mol. The van der Waals surface area contributed by atoms with Gasteiger partial charge in [0.15, 0.2) is 0 Å². The fourth-order valence-corrected chi connectivity index (χ4v) is 3.04. The Labute approximate surface area is 117 Å². The standard InChI is InChI=1S/C16H16BrN/c1-18-9-8-12-4-3-7-15(16(12)11-18)13-5-2-6-14(17)10-13/h2-7,10H,8-9,11H2,1H3. The van der Waals surface area contributed by atoms with Crippen LogP contribution >= 0.6 is 15.9 Å². The Morgan fingerprint density at radius 2 is 1.94 bits per heavy atom. The molecule has 2 aromatic rings. The normalized spacial score (nSPS) is 15.4. The van der Waals surface area contributed by atoms with E-state index in [1.807, 2.05) is 0 Å². The van der Waals surface area contributed by atoms with Gasteiger partial charge in [0.25, 0.3) is 0 Å². The molecule has 0 N–H and O–H groups in total. The van der Waals surface area contributed by atoms with Crippen molar-refractivity contribution in [2.75, 3.05) is 13.6 Å². The van der Waals surface area contributed by atoms with Crippen LogP contribution in [0, 0.1) is 0 Å². The first kappa shape index (κ1) is 11.9. The molecule has 2 aromatic carbocycles. The summed E-state index contributed by atoms with van der Waals surface area (Å²) in [4.78, 5) is 2.39. The second-order valence-corrected chi connectivity index (χ2v) is 5.86. The zero-order chi connectivity index (χ0) is 12.5. The van der Waals surface area contributed by atoms with Crippen molar-refractivity contribution < 1.29 is 0 Å². The number of hydrogen-bond acceptors (Lipinski definition) is 1. The Balaban J connectivity index is 2.13. The lowest BCUT2D eigenvalue weighted by molar-refractivity contribution is 0.313. The highest BCUT2D eigenvalue weighted by Gasteiger charge is 2.16. The molecule has 1 aliphatic rings. The largest absolute Gasteiger partial charge is 0.302 e. The van der Waals surface area contributed by atoms with Crippen LogP contribution in [0.15, 0.2) is 46.9 Å². The third-order valence-electron chi connectivity index (χ3n) is 3.60. The Morgan fingerprint density at radius 3 is 2.78 bits per heavy atom. The molecule has 1 nitrogen and oxygen atoms in total. The van der Waals surface area contributed by atoms with E-state index >= 15 is 0 Å². The molecular formula is C16H16BrN. The number of rotatable bonds is 1. The lowest BCUT2D eigenvalue weighted by atomic mass is 9.91. The number of benzene rings is 2. The summed E-state index contributed by atoms with van der Waals surface area (Å²) in [6.45, 7) is 2.22. The molecular weight excluding hydrogens is 286 g/mol. The topological polar surface area (TPSA) is 3.24 Å². The number of hydrogen-bond donors (Lipinski definition) is 0. The van der Waals surface area contributed by atoms with Gasteiger partial charge in [-0.3, -0.25) is 0 Å². The summed E-state index contributed by atoms with van der Waals surface area (Å²) in [6, 6.07) is 15.2. The van der Waals surface area contributed by atoms with Crippen LogP contribution in [0.3, 0.4) is 0 Å². The SMILES string of the molecule is CN1CCc2cccc(-c3cccc(Br)c3)c2C1. The Hall–Kier alpha value is -1.12. The monoisotopic (exact) mass is 301 g/mol. The highest BCUT2D eigenvalue weighted by molar-refractivity contribution is 9.10. The first-order valence-corrected chi connectivity index (χ1v) is 7.08. The van der Waals surface area contributed by atoms with E-state index in [-0.39, 0.29) is 0 Å². The van der Waals surface area contributed by atoms with Gasteiger partial charge in [0.2, 0.25) is 0 Å². The maximum atomic E-state index is 3.56. The second kappa shape index (κ2) is 4.87. The average Bonchev–Trinajstić information content (AvgIpc) is 2.38. The van der Waals surface area contributed by atoms with E-state index in [0.29, 0.717) is 0 Å². The lowest BCUT2D eigenvalue weighted by Crippen LogP contribution is -2.26. The van der Waals surface area contributed by atoms with Gasteiger partial charge < -0.3 is 4.90 Å². The Bertz CT molecular complexity index is 577. The third kappa shape index (κ3) is 2.23. The van der Waals surface area contributed by atoms with Gasteiger partial charge in [-0.15, -0.1) is 0 Å². The Kier molecular flexibility index (Phi) is 3.23. The molecule has 0 aliphatic carbocycles. The van der Waals surface area contributed by atoms with Gasteiger partial charge in [-0.2, -0.15) is 0 Å². The van der Waals surface area contributed by atoms with Crippen LogP contribution < -0.4 is 0 Å². The molecule has 0 fully saturated rings. The van der Waals surface area contributed by atoms with E-state index in [1.54, 1.807) is 0 Å². The van der Waals surface area contributed by atoms with Gasteiger partial charge in [0.05, 0.1) is 0 Å². The first-order chi connectivity index (χ1) is 8.74. The predicted octanol–water partition coefficient (Wildman–Crippen LogP) is 4.10. The molecule has 0 unspecified atom stereocenters. The van der Waals surface area contributed by atoms with Crippen LogP contribution in [0.2, 0.25) is 0 Å². The van der Waals surface area contributed by atoms with E-state index in [0.717, 1.165) is 24.0 Å². The molecule has 0 saturated heterocycles. The Morgan fingerprint density at radius 1 is 1.11 bits per heavy atom. The second-order valence-electron chi connectivity index (χ2n) is 4.94. The van der Waals surface area contributed by atoms with Gasteiger partial charge in [0.1, 0.15) is 0 Å². The minimum atomic E-state index is 1.05. The molecule has 0 radical (unpaired) electrons. The summed E-state index contributed by atoms with van der Waals surface area (Å²) in [6.07, 6.45) is 1.16. The van der Waals surface area contributed by atoms with E-state index < -0.39 is 0 Å². The number of likely N-dealkylation sites (N-methyl/N-ethyl adjacent to an activating group) is 1. The summed E-state index contributed by atoms with van der Waals surface area (Å²) in [5, 5.41) is 0. The molecule has 2 heteroatoms. The summed E-state index contributed by atoms with van der Waals surface area (Å²) in [5.41, 5.74) is 5.67. The summed E-state index contributed by atoms with van der Waals surface area (Å²) in [5.74, 6) is 0. The molecule has 1 aliphatic heterocycles. The minimum absolute atomic E-state index is 1.05. The van der Waals surface area contributed by atoms with Crippen molar-refractivity contribution in [1.29, 1.82) is 0 Å². The van der Waals surface area contributed by atoms with E-state index in [1.165, 1.54) is 22.3 Å². The van der Waals surface area contributed by atoms with E-state index in [2.05, 4.69) is 70.3 Å². The van der Waals surface area contributed by atoms with Crippen molar-refractivity contribution in [1.82, 2.24) is 4.90 Å². The summed E-state index contributed by atoms with van der Waals surface area (Å²) < 4.78 is 1.14. The van der Waals surface area contributed by atoms with Gasteiger partial charge in [0, 0.05) is 17.6 Å². The van der Waals surface area contributed by atoms with E-state index in [4.69, 9.17) is 0 Å². The van der Waals surface area contributed by atoms with Crippen molar-refractivity contribution in [2.24, 2.45) is 0 Å². The summed E-state index contributed by atoms with van der Waals surface area (Å²) >= 11 is 3.56. The smallest absolute Gasteiger partial charge is 0.0239 e. The van der Waals surface area contributed by atoms with Crippen molar-refractivity contribution in [3.63, 3.8) is 0 Å². The zero-order valence-electron chi connectivity index (χ0n) is 10.5. The zero-order valence-corrected chi connectivity index (χ0v) is 12.1. The predicted molar refractivity (Wildman–Crippen MR) is 79.6 cm³/mol. The fraction of sp³-hybridized carbons (Fsp3) is 0.250. The van der Waals surface area contributed by atoms with Crippen molar-refractivity contribution in [3.8, 4) is 11.1 Å². The lowest BCUT2D eigenvalue weighted by Gasteiger charge is -2.27. The highest BCUT2D eigenvalue weighted by atomic mass is 79.9. The molecule has 1 heterocycles. The number of halogens is 1.